The molecule has 0 radical (unpaired) electrons. The maximum atomic E-state index is 13.2. The van der Waals surface area contributed by atoms with Crippen LogP contribution in [0.15, 0.2) is 59.8 Å². The fourth-order valence-corrected chi connectivity index (χ4v) is 4.95. The molecule has 0 atom stereocenters. The van der Waals surface area contributed by atoms with E-state index in [1.807, 2.05) is 36.6 Å². The third-order valence-electron chi connectivity index (χ3n) is 6.35. The third-order valence-corrected chi connectivity index (χ3v) is 7.27. The van der Waals surface area contributed by atoms with Gasteiger partial charge in [0.1, 0.15) is 5.75 Å². The molecule has 0 fully saturated rings. The molecule has 0 saturated carbocycles. The number of ether oxygens (including phenoxy) is 4. The molecule has 220 valence electrons. The van der Waals surface area contributed by atoms with Crippen LogP contribution in [0, 0.1) is 13.8 Å². The van der Waals surface area contributed by atoms with Gasteiger partial charge in [-0.25, -0.2) is 0 Å². The van der Waals surface area contributed by atoms with Gasteiger partial charge >= 0.3 is 0 Å². The minimum Gasteiger partial charge on any atom is -0.497 e. The Bertz CT molecular complexity index is 1550. The number of rotatable bonds is 12. The summed E-state index contributed by atoms with van der Waals surface area (Å²) in [6, 6.07) is 16.3. The van der Waals surface area contributed by atoms with Gasteiger partial charge in [-0.2, -0.15) is 0 Å². The molecular weight excluding hydrogens is 558 g/mol. The smallest absolute Gasteiger partial charge is 0.251 e. The quantitative estimate of drug-likeness (QED) is 0.228. The van der Waals surface area contributed by atoms with E-state index in [0.29, 0.717) is 45.2 Å². The van der Waals surface area contributed by atoms with E-state index >= 15 is 0 Å². The molecular formula is C30H33N5O6S. The zero-order chi connectivity index (χ0) is 30.2. The van der Waals surface area contributed by atoms with Crippen LogP contribution in [0.25, 0.3) is 5.69 Å². The molecule has 42 heavy (non-hydrogen) atoms. The number of hydrogen-bond donors (Lipinski definition) is 2. The number of thioether (sulfide) groups is 1. The Labute approximate surface area is 248 Å². The first-order valence-electron chi connectivity index (χ1n) is 12.9. The Morgan fingerprint density at radius 2 is 1.55 bits per heavy atom. The molecule has 0 bridgehead atoms. The maximum absolute atomic E-state index is 13.2. The van der Waals surface area contributed by atoms with Crippen molar-refractivity contribution in [1.29, 1.82) is 0 Å². The lowest BCUT2D eigenvalue weighted by molar-refractivity contribution is -0.113. The summed E-state index contributed by atoms with van der Waals surface area (Å²) in [5.41, 5.74) is 3.88. The highest BCUT2D eigenvalue weighted by Crippen LogP contribution is 2.38. The number of benzene rings is 3. The maximum Gasteiger partial charge on any atom is 0.251 e. The molecule has 0 spiro atoms. The minimum atomic E-state index is -0.363. The van der Waals surface area contributed by atoms with E-state index in [4.69, 9.17) is 18.9 Å². The van der Waals surface area contributed by atoms with Crippen LogP contribution in [0.5, 0.6) is 23.0 Å². The number of carbonyl (C=O) groups excluding carboxylic acids is 2. The summed E-state index contributed by atoms with van der Waals surface area (Å²) in [6.07, 6.45) is 0. The summed E-state index contributed by atoms with van der Waals surface area (Å²) in [5.74, 6) is 1.88. The van der Waals surface area contributed by atoms with Gasteiger partial charge in [-0.15, -0.1) is 10.2 Å². The number of aromatic nitrogens is 3. The summed E-state index contributed by atoms with van der Waals surface area (Å²) in [4.78, 5) is 25.9. The number of carbonyl (C=O) groups is 2. The second kappa shape index (κ2) is 13.8. The van der Waals surface area contributed by atoms with E-state index in [1.165, 1.54) is 33.1 Å². The molecule has 2 N–H and O–H groups in total. The van der Waals surface area contributed by atoms with Crippen LogP contribution >= 0.6 is 11.8 Å². The zero-order valence-corrected chi connectivity index (χ0v) is 25.1. The second-order valence-electron chi connectivity index (χ2n) is 9.19. The van der Waals surface area contributed by atoms with Gasteiger partial charge in [0, 0.05) is 11.3 Å². The first-order chi connectivity index (χ1) is 20.3. The molecule has 1 heterocycles. The van der Waals surface area contributed by atoms with Gasteiger partial charge in [0.25, 0.3) is 5.91 Å². The van der Waals surface area contributed by atoms with Gasteiger partial charge in [0.2, 0.25) is 11.7 Å². The molecule has 0 aliphatic rings. The van der Waals surface area contributed by atoms with Gasteiger partial charge in [0.05, 0.1) is 46.4 Å². The van der Waals surface area contributed by atoms with Gasteiger partial charge in [0.15, 0.2) is 22.5 Å². The Hall–Kier alpha value is -4.71. The first kappa shape index (κ1) is 30.3. The number of hydrogen-bond acceptors (Lipinski definition) is 9. The van der Waals surface area contributed by atoms with E-state index in [-0.39, 0.29) is 24.1 Å². The lowest BCUT2D eigenvalue weighted by Gasteiger charge is -2.15. The van der Waals surface area contributed by atoms with Crippen molar-refractivity contribution in [3.63, 3.8) is 0 Å². The fourth-order valence-electron chi connectivity index (χ4n) is 4.19. The fraction of sp³-hybridized carbons (Fsp3) is 0.267. The summed E-state index contributed by atoms with van der Waals surface area (Å²) < 4.78 is 23.1. The van der Waals surface area contributed by atoms with Crippen LogP contribution in [0.1, 0.15) is 27.3 Å². The predicted octanol–water partition coefficient (Wildman–Crippen LogP) is 4.58. The summed E-state index contributed by atoms with van der Waals surface area (Å²) in [5, 5.41) is 15.0. The topological polar surface area (TPSA) is 126 Å². The highest BCUT2D eigenvalue weighted by Gasteiger charge is 2.20. The first-order valence-corrected chi connectivity index (χ1v) is 13.9. The molecule has 0 saturated heterocycles. The lowest BCUT2D eigenvalue weighted by atomic mass is 10.1. The molecule has 0 aliphatic carbocycles. The summed E-state index contributed by atoms with van der Waals surface area (Å²) in [6.45, 7) is 4.06. The number of anilines is 1. The van der Waals surface area contributed by atoms with Crippen molar-refractivity contribution in [2.45, 2.75) is 25.5 Å². The molecule has 0 aliphatic heterocycles. The number of nitrogens with one attached hydrogen (secondary N) is 2. The highest BCUT2D eigenvalue weighted by atomic mass is 32.2. The van der Waals surface area contributed by atoms with Crippen molar-refractivity contribution in [2.24, 2.45) is 0 Å². The Balaban J connectivity index is 1.55. The summed E-state index contributed by atoms with van der Waals surface area (Å²) >= 11 is 1.25. The average Bonchev–Trinajstić information content (AvgIpc) is 3.41. The van der Waals surface area contributed by atoms with Crippen LogP contribution < -0.4 is 29.6 Å². The standard InChI is InChI=1S/C30H33N5O6S/c1-18-7-8-19(2)23(13-18)35-26(16-31-29(37)20-14-24(39-4)28(41-6)25(15-20)40-5)33-34-30(35)42-17-27(36)32-21-9-11-22(38-3)12-10-21/h7-15H,16-17H2,1-6H3,(H,31,37)(H,32,36). The molecule has 11 nitrogen and oxygen atoms in total. The van der Waals surface area contributed by atoms with Crippen molar-refractivity contribution in [1.82, 2.24) is 20.1 Å². The van der Waals surface area contributed by atoms with Gasteiger partial charge < -0.3 is 29.6 Å². The van der Waals surface area contributed by atoms with Crippen molar-refractivity contribution in [3.05, 3.63) is 77.1 Å². The molecule has 4 aromatic rings. The molecule has 3 aromatic carbocycles. The van der Waals surface area contributed by atoms with Gasteiger partial charge in [-0.3, -0.25) is 14.2 Å². The monoisotopic (exact) mass is 591 g/mol. The number of methoxy groups -OCH3 is 4. The Morgan fingerprint density at radius 1 is 0.857 bits per heavy atom. The molecule has 12 heteroatoms. The van der Waals surface area contributed by atoms with Crippen LogP contribution in [0.2, 0.25) is 0 Å². The molecule has 1 aromatic heterocycles. The number of nitrogens with zero attached hydrogens (tertiary/aromatic N) is 3. The van der Waals surface area contributed by atoms with Crippen LogP contribution in [-0.4, -0.2) is 60.8 Å². The average molecular weight is 592 g/mol. The van der Waals surface area contributed by atoms with E-state index in [2.05, 4.69) is 20.8 Å². The number of amides is 2. The van der Waals surface area contributed by atoms with E-state index in [9.17, 15) is 9.59 Å². The second-order valence-corrected chi connectivity index (χ2v) is 10.1. The SMILES string of the molecule is COc1ccc(NC(=O)CSc2nnc(CNC(=O)c3cc(OC)c(OC)c(OC)c3)n2-c2cc(C)ccc2C)cc1. The van der Waals surface area contributed by atoms with Crippen molar-refractivity contribution in [2.75, 3.05) is 39.5 Å². The number of aryl methyl sites for hydroxylation is 2. The Morgan fingerprint density at radius 3 is 2.17 bits per heavy atom. The summed E-state index contributed by atoms with van der Waals surface area (Å²) in [7, 11) is 6.06. The van der Waals surface area contributed by atoms with E-state index in [1.54, 1.807) is 43.5 Å². The van der Waals surface area contributed by atoms with E-state index in [0.717, 1.165) is 16.8 Å². The van der Waals surface area contributed by atoms with Gasteiger partial charge in [-0.05, 0) is 67.4 Å². The molecule has 0 unspecified atom stereocenters. The van der Waals surface area contributed by atoms with Crippen molar-refractivity contribution < 1.29 is 28.5 Å². The Kier molecular flexibility index (Phi) is 9.92. The lowest BCUT2D eigenvalue weighted by Crippen LogP contribution is -2.25. The minimum absolute atomic E-state index is 0.0779. The van der Waals surface area contributed by atoms with Crippen LogP contribution in [0.3, 0.4) is 0 Å². The van der Waals surface area contributed by atoms with Crippen molar-refractivity contribution >= 4 is 29.3 Å². The highest BCUT2D eigenvalue weighted by molar-refractivity contribution is 7.99. The zero-order valence-electron chi connectivity index (χ0n) is 24.3. The van der Waals surface area contributed by atoms with Crippen LogP contribution in [0.4, 0.5) is 5.69 Å². The molecule has 2 amide bonds. The largest absolute Gasteiger partial charge is 0.497 e. The van der Waals surface area contributed by atoms with E-state index < -0.39 is 0 Å². The predicted molar refractivity (Wildman–Crippen MR) is 160 cm³/mol. The van der Waals surface area contributed by atoms with Crippen molar-refractivity contribution in [3.8, 4) is 28.7 Å². The normalized spacial score (nSPS) is 10.6. The van der Waals surface area contributed by atoms with Gasteiger partial charge in [-0.1, -0.05) is 23.9 Å². The third kappa shape index (κ3) is 6.95. The molecule has 4 rings (SSSR count). The van der Waals surface area contributed by atoms with Crippen LogP contribution in [-0.2, 0) is 11.3 Å².